The second-order valence-electron chi connectivity index (χ2n) is 3.37. The lowest BCUT2D eigenvalue weighted by Crippen LogP contribution is -2.15. The molecule has 0 bridgehead atoms. The smallest absolute Gasteiger partial charge is 0.231 e. The minimum atomic E-state index is -0.160. The van der Waals surface area contributed by atoms with Crippen molar-refractivity contribution in [2.24, 2.45) is 0 Å². The van der Waals surface area contributed by atoms with Crippen molar-refractivity contribution in [2.75, 3.05) is 5.32 Å². The summed E-state index contributed by atoms with van der Waals surface area (Å²) in [5, 5.41) is 6.41. The maximum atomic E-state index is 11.6. The van der Waals surface area contributed by atoms with Gasteiger partial charge in [-0.15, -0.1) is 0 Å². The van der Waals surface area contributed by atoms with Crippen molar-refractivity contribution >= 4 is 11.7 Å². The number of anilines is 1. The molecule has 0 spiro atoms. The zero-order valence-electron chi connectivity index (χ0n) is 8.80. The molecule has 5 heteroatoms. The van der Waals surface area contributed by atoms with Gasteiger partial charge in [0, 0.05) is 12.3 Å². The summed E-state index contributed by atoms with van der Waals surface area (Å²) in [6.07, 6.45) is 1.81. The van der Waals surface area contributed by atoms with Gasteiger partial charge >= 0.3 is 0 Å². The van der Waals surface area contributed by atoms with E-state index in [1.165, 1.54) is 0 Å². The van der Waals surface area contributed by atoms with Crippen molar-refractivity contribution in [2.45, 2.75) is 13.3 Å². The van der Waals surface area contributed by atoms with Crippen LogP contribution in [0.1, 0.15) is 11.5 Å². The number of aromatic nitrogens is 2. The summed E-state index contributed by atoms with van der Waals surface area (Å²) in [6, 6.07) is 7.06. The second-order valence-corrected chi connectivity index (χ2v) is 3.37. The highest BCUT2D eigenvalue weighted by Gasteiger charge is 2.07. The molecular weight excluding hydrogens is 206 g/mol. The summed E-state index contributed by atoms with van der Waals surface area (Å²) in [4.78, 5) is 15.5. The van der Waals surface area contributed by atoms with Gasteiger partial charge in [-0.3, -0.25) is 4.79 Å². The second kappa shape index (κ2) is 4.57. The van der Waals surface area contributed by atoms with Crippen LogP contribution in [0, 0.1) is 6.92 Å². The Hall–Kier alpha value is -2.17. The predicted molar refractivity (Wildman–Crippen MR) is 57.8 cm³/mol. The Labute approximate surface area is 92.5 Å². The van der Waals surface area contributed by atoms with E-state index in [1.54, 1.807) is 31.3 Å². The molecular formula is C11H11N3O2. The van der Waals surface area contributed by atoms with E-state index in [0.29, 0.717) is 17.3 Å². The monoisotopic (exact) mass is 217 g/mol. The van der Waals surface area contributed by atoms with Gasteiger partial charge < -0.3 is 9.84 Å². The number of nitrogens with zero attached hydrogens (tertiary/aromatic N) is 2. The van der Waals surface area contributed by atoms with Crippen molar-refractivity contribution in [3.8, 4) is 0 Å². The largest absolute Gasteiger partial charge is 0.361 e. The minimum absolute atomic E-state index is 0.160. The third-order valence-corrected chi connectivity index (χ3v) is 1.95. The van der Waals surface area contributed by atoms with Crippen LogP contribution in [-0.4, -0.2) is 16.0 Å². The Bertz CT molecular complexity index is 479. The number of hydrogen-bond donors (Lipinski definition) is 1. The average molecular weight is 217 g/mol. The number of nitrogens with one attached hydrogen (secondary N) is 1. The van der Waals surface area contributed by atoms with Crippen LogP contribution in [0.25, 0.3) is 0 Å². The van der Waals surface area contributed by atoms with Crippen LogP contribution in [0.15, 0.2) is 35.0 Å². The molecule has 5 nitrogen and oxygen atoms in total. The molecule has 2 aromatic heterocycles. The fraction of sp³-hybridized carbons (Fsp3) is 0.182. The minimum Gasteiger partial charge on any atom is -0.361 e. The normalized spacial score (nSPS) is 10.1. The van der Waals surface area contributed by atoms with E-state index in [0.717, 1.165) is 0 Å². The maximum absolute atomic E-state index is 11.6. The number of pyridine rings is 1. The van der Waals surface area contributed by atoms with E-state index in [9.17, 15) is 4.79 Å². The van der Waals surface area contributed by atoms with Gasteiger partial charge in [0.1, 0.15) is 11.6 Å². The molecule has 0 aliphatic carbocycles. The quantitative estimate of drug-likeness (QED) is 0.847. The molecule has 82 valence electrons. The van der Waals surface area contributed by atoms with E-state index < -0.39 is 0 Å². The molecule has 1 amide bonds. The first-order valence-electron chi connectivity index (χ1n) is 4.87. The molecule has 0 saturated heterocycles. The van der Waals surface area contributed by atoms with Crippen molar-refractivity contribution in [3.63, 3.8) is 0 Å². The highest BCUT2D eigenvalue weighted by atomic mass is 16.5. The third kappa shape index (κ3) is 2.66. The summed E-state index contributed by atoms with van der Waals surface area (Å²) in [5.74, 6) is 1.07. The highest BCUT2D eigenvalue weighted by molar-refractivity contribution is 5.91. The van der Waals surface area contributed by atoms with Gasteiger partial charge in [0.2, 0.25) is 5.91 Å². The van der Waals surface area contributed by atoms with E-state index in [-0.39, 0.29) is 12.3 Å². The number of hydrogen-bond acceptors (Lipinski definition) is 4. The van der Waals surface area contributed by atoms with Gasteiger partial charge in [-0.25, -0.2) is 4.98 Å². The first-order chi connectivity index (χ1) is 7.74. The average Bonchev–Trinajstić information content (AvgIpc) is 2.65. The fourth-order valence-corrected chi connectivity index (χ4v) is 1.29. The van der Waals surface area contributed by atoms with Crippen molar-refractivity contribution in [1.29, 1.82) is 0 Å². The molecule has 16 heavy (non-hydrogen) atoms. The Morgan fingerprint density at radius 3 is 3.00 bits per heavy atom. The summed E-state index contributed by atoms with van der Waals surface area (Å²) in [6.45, 7) is 1.78. The standard InChI is InChI=1S/C11H11N3O2/c1-8-6-9(14-16-8)7-11(15)13-10-4-2-3-5-12-10/h2-6H,7H2,1H3,(H,12,13,15). The van der Waals surface area contributed by atoms with Gasteiger partial charge in [0.15, 0.2) is 0 Å². The fourth-order valence-electron chi connectivity index (χ4n) is 1.29. The Balaban J connectivity index is 1.95. The Morgan fingerprint density at radius 2 is 2.38 bits per heavy atom. The van der Waals surface area contributed by atoms with Gasteiger partial charge in [-0.1, -0.05) is 11.2 Å². The topological polar surface area (TPSA) is 68.0 Å². The summed E-state index contributed by atoms with van der Waals surface area (Å²) < 4.78 is 4.87. The zero-order valence-corrected chi connectivity index (χ0v) is 8.80. The van der Waals surface area contributed by atoms with Crippen LogP contribution >= 0.6 is 0 Å². The van der Waals surface area contributed by atoms with Crippen molar-refractivity contribution in [3.05, 3.63) is 41.9 Å². The van der Waals surface area contributed by atoms with Gasteiger partial charge in [0.25, 0.3) is 0 Å². The SMILES string of the molecule is Cc1cc(CC(=O)Nc2ccccn2)no1. The Morgan fingerprint density at radius 1 is 1.50 bits per heavy atom. The van der Waals surface area contributed by atoms with Crippen LogP contribution in [-0.2, 0) is 11.2 Å². The lowest BCUT2D eigenvalue weighted by atomic mass is 10.3. The molecule has 0 aliphatic heterocycles. The van der Waals surface area contributed by atoms with E-state index in [4.69, 9.17) is 4.52 Å². The predicted octanol–water partition coefficient (Wildman–Crippen LogP) is 1.56. The van der Waals surface area contributed by atoms with Crippen molar-refractivity contribution < 1.29 is 9.32 Å². The molecule has 2 rings (SSSR count). The number of amides is 1. The summed E-state index contributed by atoms with van der Waals surface area (Å²) in [5.41, 5.74) is 0.617. The molecule has 0 atom stereocenters. The number of aryl methyl sites for hydroxylation is 1. The molecule has 1 N–H and O–H groups in total. The van der Waals surface area contributed by atoms with Gasteiger partial charge in [-0.05, 0) is 19.1 Å². The van der Waals surface area contributed by atoms with Crippen LogP contribution in [0.2, 0.25) is 0 Å². The third-order valence-electron chi connectivity index (χ3n) is 1.95. The molecule has 0 fully saturated rings. The molecule has 2 heterocycles. The van der Waals surface area contributed by atoms with Gasteiger partial charge in [-0.2, -0.15) is 0 Å². The summed E-state index contributed by atoms with van der Waals surface area (Å²) in [7, 11) is 0. The lowest BCUT2D eigenvalue weighted by Gasteiger charge is -2.01. The van der Waals surface area contributed by atoms with E-state index in [1.807, 2.05) is 6.07 Å². The first kappa shape index (κ1) is 10.4. The van der Waals surface area contributed by atoms with Gasteiger partial charge in [0.05, 0.1) is 12.1 Å². The molecule has 2 aromatic rings. The summed E-state index contributed by atoms with van der Waals surface area (Å²) >= 11 is 0. The molecule has 0 aliphatic rings. The van der Waals surface area contributed by atoms with Crippen LogP contribution < -0.4 is 5.32 Å². The highest BCUT2D eigenvalue weighted by Crippen LogP contribution is 2.05. The van der Waals surface area contributed by atoms with Crippen LogP contribution in [0.5, 0.6) is 0 Å². The van der Waals surface area contributed by atoms with Crippen LogP contribution in [0.4, 0.5) is 5.82 Å². The number of rotatable bonds is 3. The zero-order chi connectivity index (χ0) is 11.4. The van der Waals surface area contributed by atoms with Crippen LogP contribution in [0.3, 0.4) is 0 Å². The van der Waals surface area contributed by atoms with Crippen molar-refractivity contribution in [1.82, 2.24) is 10.1 Å². The first-order valence-corrected chi connectivity index (χ1v) is 4.87. The maximum Gasteiger partial charge on any atom is 0.231 e. The number of carbonyl (C=O) groups is 1. The lowest BCUT2D eigenvalue weighted by molar-refractivity contribution is -0.115. The molecule has 0 aromatic carbocycles. The number of carbonyl (C=O) groups excluding carboxylic acids is 1. The Kier molecular flexibility index (Phi) is 2.95. The van der Waals surface area contributed by atoms with E-state index >= 15 is 0 Å². The van der Waals surface area contributed by atoms with E-state index in [2.05, 4.69) is 15.5 Å². The molecule has 0 radical (unpaired) electrons. The molecule has 0 saturated carbocycles. The molecule has 0 unspecified atom stereocenters.